The lowest BCUT2D eigenvalue weighted by Crippen LogP contribution is -2.63. The predicted octanol–water partition coefficient (Wildman–Crippen LogP) is 3.56. The van der Waals surface area contributed by atoms with Gasteiger partial charge in [-0.3, -0.25) is 4.90 Å². The zero-order chi connectivity index (χ0) is 13.3. The van der Waals surface area contributed by atoms with E-state index in [1.54, 1.807) is 0 Å². The van der Waals surface area contributed by atoms with Crippen molar-refractivity contribution in [3.8, 4) is 0 Å². The monoisotopic (exact) mass is 264 g/mol. The second-order valence-electron chi connectivity index (χ2n) is 8.13. The van der Waals surface area contributed by atoms with E-state index in [0.29, 0.717) is 11.0 Å². The Morgan fingerprint density at radius 3 is 2.32 bits per heavy atom. The Labute approximate surface area is 119 Å². The number of hydrogen-bond donors (Lipinski definition) is 1. The van der Waals surface area contributed by atoms with Crippen LogP contribution in [0.5, 0.6) is 0 Å². The maximum Gasteiger partial charge on any atom is 0.0309 e. The van der Waals surface area contributed by atoms with Gasteiger partial charge in [-0.1, -0.05) is 33.1 Å². The van der Waals surface area contributed by atoms with Gasteiger partial charge < -0.3 is 5.32 Å². The molecule has 0 aromatic carbocycles. The first kappa shape index (κ1) is 13.9. The summed E-state index contributed by atoms with van der Waals surface area (Å²) >= 11 is 0. The lowest BCUT2D eigenvalue weighted by Gasteiger charge is -2.50. The molecule has 0 aromatic heterocycles. The number of nitrogens with one attached hydrogen (secondary N) is 1. The van der Waals surface area contributed by atoms with E-state index in [4.69, 9.17) is 0 Å². The topological polar surface area (TPSA) is 15.3 Å². The van der Waals surface area contributed by atoms with E-state index in [9.17, 15) is 0 Å². The fourth-order valence-electron chi connectivity index (χ4n) is 4.61. The molecule has 3 fully saturated rings. The Kier molecular flexibility index (Phi) is 3.92. The van der Waals surface area contributed by atoms with Gasteiger partial charge in [0.1, 0.15) is 0 Å². The van der Waals surface area contributed by atoms with Crippen molar-refractivity contribution < 1.29 is 0 Å². The average molecular weight is 264 g/mol. The predicted molar refractivity (Wildman–Crippen MR) is 81.4 cm³/mol. The van der Waals surface area contributed by atoms with Crippen molar-refractivity contribution in [3.05, 3.63) is 0 Å². The van der Waals surface area contributed by atoms with Crippen LogP contribution in [0.25, 0.3) is 0 Å². The fourth-order valence-corrected chi connectivity index (χ4v) is 4.61. The van der Waals surface area contributed by atoms with E-state index in [-0.39, 0.29) is 0 Å². The first-order valence-corrected chi connectivity index (χ1v) is 8.58. The van der Waals surface area contributed by atoms with E-state index in [1.165, 1.54) is 77.4 Å². The molecule has 0 aromatic rings. The smallest absolute Gasteiger partial charge is 0.0309 e. The van der Waals surface area contributed by atoms with Crippen LogP contribution in [0.15, 0.2) is 0 Å². The van der Waals surface area contributed by atoms with Crippen molar-refractivity contribution in [3.63, 3.8) is 0 Å². The minimum atomic E-state index is 0.490. The van der Waals surface area contributed by atoms with Crippen LogP contribution in [0.1, 0.15) is 71.6 Å². The summed E-state index contributed by atoms with van der Waals surface area (Å²) in [5.74, 6) is 0. The Balaban J connectivity index is 1.59. The van der Waals surface area contributed by atoms with Crippen molar-refractivity contribution >= 4 is 0 Å². The van der Waals surface area contributed by atoms with Gasteiger partial charge in [0.2, 0.25) is 0 Å². The lowest BCUT2D eigenvalue weighted by molar-refractivity contribution is 0.0376. The van der Waals surface area contributed by atoms with Crippen LogP contribution < -0.4 is 5.32 Å². The number of rotatable bonds is 1. The van der Waals surface area contributed by atoms with Crippen LogP contribution in [-0.4, -0.2) is 36.1 Å². The number of piperazine rings is 1. The summed E-state index contributed by atoms with van der Waals surface area (Å²) in [4.78, 5) is 2.84. The Morgan fingerprint density at radius 1 is 0.947 bits per heavy atom. The van der Waals surface area contributed by atoms with Crippen LogP contribution in [-0.2, 0) is 0 Å². The van der Waals surface area contributed by atoms with Gasteiger partial charge in [0.05, 0.1) is 0 Å². The Bertz CT molecular complexity index is 289. The minimum absolute atomic E-state index is 0.490. The normalized spacial score (nSPS) is 32.5. The fraction of sp³-hybridized carbons (Fsp3) is 1.00. The van der Waals surface area contributed by atoms with Gasteiger partial charge in [0.15, 0.2) is 0 Å². The SMILES string of the molecule is CC1(C)CCC(N2CCNC3(CCCCC3)C2)CC1. The standard InChI is InChI=1S/C17H32N2/c1-16(2)10-6-15(7-11-16)19-13-12-18-17(14-19)8-4-3-5-9-17/h15,18H,3-14H2,1-2H3. The van der Waals surface area contributed by atoms with Crippen molar-refractivity contribution in [1.82, 2.24) is 10.2 Å². The molecule has 3 rings (SSSR count). The highest BCUT2D eigenvalue weighted by molar-refractivity contribution is 4.98. The largest absolute Gasteiger partial charge is 0.309 e. The summed E-state index contributed by atoms with van der Waals surface area (Å²) in [6.45, 7) is 8.73. The highest BCUT2D eigenvalue weighted by Gasteiger charge is 2.39. The molecule has 1 N–H and O–H groups in total. The third-order valence-corrected chi connectivity index (χ3v) is 6.04. The van der Waals surface area contributed by atoms with Crippen molar-refractivity contribution in [2.24, 2.45) is 5.41 Å². The van der Waals surface area contributed by atoms with Gasteiger partial charge >= 0.3 is 0 Å². The molecule has 2 nitrogen and oxygen atoms in total. The van der Waals surface area contributed by atoms with Crippen LogP contribution in [0.4, 0.5) is 0 Å². The van der Waals surface area contributed by atoms with Crippen molar-refractivity contribution in [2.75, 3.05) is 19.6 Å². The Hall–Kier alpha value is -0.0800. The van der Waals surface area contributed by atoms with Gasteiger partial charge in [-0.05, 0) is 43.9 Å². The molecular formula is C17H32N2. The molecule has 3 aliphatic rings. The first-order valence-electron chi connectivity index (χ1n) is 8.58. The molecule has 1 aliphatic heterocycles. The summed E-state index contributed by atoms with van der Waals surface area (Å²) in [6.07, 6.45) is 12.9. The third-order valence-electron chi connectivity index (χ3n) is 6.04. The quantitative estimate of drug-likeness (QED) is 0.779. The molecule has 1 spiro atoms. The van der Waals surface area contributed by atoms with Crippen LogP contribution in [0.3, 0.4) is 0 Å². The molecule has 1 saturated heterocycles. The molecule has 0 unspecified atom stereocenters. The summed E-state index contributed by atoms with van der Waals surface area (Å²) in [5.41, 5.74) is 1.09. The number of hydrogen-bond acceptors (Lipinski definition) is 2. The van der Waals surface area contributed by atoms with Gasteiger partial charge in [-0.25, -0.2) is 0 Å². The van der Waals surface area contributed by atoms with Crippen LogP contribution in [0.2, 0.25) is 0 Å². The minimum Gasteiger partial charge on any atom is -0.309 e. The van der Waals surface area contributed by atoms with E-state index in [1.807, 2.05) is 0 Å². The first-order chi connectivity index (χ1) is 9.09. The molecule has 19 heavy (non-hydrogen) atoms. The van der Waals surface area contributed by atoms with Crippen LogP contribution >= 0.6 is 0 Å². The molecule has 0 bridgehead atoms. The highest BCUT2D eigenvalue weighted by Crippen LogP contribution is 2.38. The third kappa shape index (κ3) is 3.16. The molecule has 1 heterocycles. The molecule has 0 radical (unpaired) electrons. The van der Waals surface area contributed by atoms with E-state index in [0.717, 1.165) is 6.04 Å². The molecule has 2 heteroatoms. The van der Waals surface area contributed by atoms with E-state index < -0.39 is 0 Å². The second kappa shape index (κ2) is 5.37. The van der Waals surface area contributed by atoms with Crippen LogP contribution in [0, 0.1) is 5.41 Å². The van der Waals surface area contributed by atoms with Gasteiger partial charge in [-0.2, -0.15) is 0 Å². The maximum absolute atomic E-state index is 3.88. The summed E-state index contributed by atoms with van der Waals surface area (Å²) < 4.78 is 0. The molecule has 0 atom stereocenters. The van der Waals surface area contributed by atoms with E-state index >= 15 is 0 Å². The molecule has 2 saturated carbocycles. The summed E-state index contributed by atoms with van der Waals surface area (Å²) in [6, 6.07) is 0.883. The number of nitrogens with zero attached hydrogens (tertiary/aromatic N) is 1. The highest BCUT2D eigenvalue weighted by atomic mass is 15.2. The maximum atomic E-state index is 3.88. The summed E-state index contributed by atoms with van der Waals surface area (Å²) in [7, 11) is 0. The molecular weight excluding hydrogens is 232 g/mol. The Morgan fingerprint density at radius 2 is 1.63 bits per heavy atom. The molecule has 110 valence electrons. The lowest BCUT2D eigenvalue weighted by atomic mass is 9.74. The molecule has 2 aliphatic carbocycles. The van der Waals surface area contributed by atoms with Gasteiger partial charge in [0.25, 0.3) is 0 Å². The zero-order valence-electron chi connectivity index (χ0n) is 13.0. The van der Waals surface area contributed by atoms with Crippen molar-refractivity contribution in [1.29, 1.82) is 0 Å². The molecule has 0 amide bonds. The van der Waals surface area contributed by atoms with Crippen molar-refractivity contribution in [2.45, 2.75) is 83.2 Å². The summed E-state index contributed by atoms with van der Waals surface area (Å²) in [5, 5.41) is 3.88. The van der Waals surface area contributed by atoms with Gasteiger partial charge in [-0.15, -0.1) is 0 Å². The average Bonchev–Trinajstić information content (AvgIpc) is 2.39. The zero-order valence-corrected chi connectivity index (χ0v) is 13.0. The van der Waals surface area contributed by atoms with E-state index in [2.05, 4.69) is 24.1 Å². The second-order valence-corrected chi connectivity index (χ2v) is 8.13. The van der Waals surface area contributed by atoms with Gasteiger partial charge in [0, 0.05) is 31.2 Å².